The first-order valence-corrected chi connectivity index (χ1v) is 6.09. The van der Waals surface area contributed by atoms with Crippen LogP contribution in [0.5, 0.6) is 0 Å². The Labute approximate surface area is 111 Å². The van der Waals surface area contributed by atoms with Crippen molar-refractivity contribution in [3.63, 3.8) is 0 Å². The van der Waals surface area contributed by atoms with E-state index >= 15 is 0 Å². The van der Waals surface area contributed by atoms with E-state index < -0.39 is 0 Å². The fourth-order valence-electron chi connectivity index (χ4n) is 1.52. The van der Waals surface area contributed by atoms with Gasteiger partial charge in [0.15, 0.2) is 5.82 Å². The van der Waals surface area contributed by atoms with Crippen molar-refractivity contribution in [1.29, 1.82) is 0 Å². The highest BCUT2D eigenvalue weighted by molar-refractivity contribution is 5.92. The Kier molecular flexibility index (Phi) is 3.64. The molecule has 102 valence electrons. The maximum absolute atomic E-state index is 11.9. The predicted octanol–water partition coefficient (Wildman–Crippen LogP) is 1.42. The first-order chi connectivity index (χ1) is 8.97. The van der Waals surface area contributed by atoms with Gasteiger partial charge in [-0.25, -0.2) is 4.98 Å². The van der Waals surface area contributed by atoms with E-state index in [1.165, 1.54) is 0 Å². The van der Waals surface area contributed by atoms with Crippen LogP contribution in [0, 0.1) is 0 Å². The van der Waals surface area contributed by atoms with Crippen molar-refractivity contribution in [1.82, 2.24) is 25.0 Å². The number of hydrogen-bond acceptors (Lipinski definition) is 5. The highest BCUT2D eigenvalue weighted by Crippen LogP contribution is 2.15. The van der Waals surface area contributed by atoms with Crippen molar-refractivity contribution >= 4 is 5.91 Å². The number of imidazole rings is 1. The van der Waals surface area contributed by atoms with Crippen molar-refractivity contribution in [3.05, 3.63) is 29.9 Å². The lowest BCUT2D eigenvalue weighted by molar-refractivity contribution is 0.0928. The third-order valence-electron chi connectivity index (χ3n) is 2.63. The molecule has 2 rings (SSSR count). The average Bonchev–Trinajstić information content (AvgIpc) is 2.96. The molecule has 2 aromatic rings. The molecule has 0 saturated carbocycles. The van der Waals surface area contributed by atoms with Crippen LogP contribution in [0.2, 0.25) is 0 Å². The fraction of sp³-hybridized carbons (Fsp3) is 0.500. The molecule has 0 spiro atoms. The van der Waals surface area contributed by atoms with Gasteiger partial charge in [-0.2, -0.15) is 4.98 Å². The molecule has 0 aliphatic rings. The number of nitrogens with one attached hydrogen (secondary N) is 1. The quantitative estimate of drug-likeness (QED) is 0.901. The van der Waals surface area contributed by atoms with Crippen LogP contribution in [-0.4, -0.2) is 25.6 Å². The zero-order valence-electron chi connectivity index (χ0n) is 11.4. The molecule has 0 aliphatic carbocycles. The van der Waals surface area contributed by atoms with Gasteiger partial charge in [0.05, 0.1) is 6.33 Å². The largest absolute Gasteiger partial charge is 0.340 e. The second-order valence-corrected chi connectivity index (χ2v) is 4.77. The van der Waals surface area contributed by atoms with Crippen LogP contribution in [0.3, 0.4) is 0 Å². The normalized spacial score (nSPS) is 12.7. The van der Waals surface area contributed by atoms with E-state index in [4.69, 9.17) is 4.52 Å². The Hall–Kier alpha value is -2.18. The van der Waals surface area contributed by atoms with Crippen LogP contribution in [0.4, 0.5) is 0 Å². The summed E-state index contributed by atoms with van der Waals surface area (Å²) in [7, 11) is 1.81. The number of rotatable bonds is 4. The summed E-state index contributed by atoms with van der Waals surface area (Å²) in [6.45, 7) is 5.75. The minimum Gasteiger partial charge on any atom is -0.340 e. The first kappa shape index (κ1) is 13.3. The Balaban J connectivity index is 2.04. The van der Waals surface area contributed by atoms with Crippen molar-refractivity contribution in [2.24, 2.45) is 7.05 Å². The maximum atomic E-state index is 11.9. The molecule has 0 unspecified atom stereocenters. The topological polar surface area (TPSA) is 85.8 Å². The molecule has 7 nitrogen and oxygen atoms in total. The Bertz CT molecular complexity index is 572. The van der Waals surface area contributed by atoms with E-state index in [-0.39, 0.29) is 17.9 Å². The molecular formula is C12H17N5O2. The highest BCUT2D eigenvalue weighted by atomic mass is 16.5. The smallest absolute Gasteiger partial charge is 0.272 e. The van der Waals surface area contributed by atoms with Gasteiger partial charge in [0.2, 0.25) is 5.89 Å². The van der Waals surface area contributed by atoms with Gasteiger partial charge in [0.25, 0.3) is 5.91 Å². The van der Waals surface area contributed by atoms with E-state index in [0.29, 0.717) is 17.4 Å². The zero-order valence-corrected chi connectivity index (χ0v) is 11.4. The standard InChI is InChI=1S/C12H17N5O2/c1-7(2)10-15-12(19-16-10)8(3)14-11(18)9-5-17(4)6-13-9/h5-8H,1-4H3,(H,14,18)/t8-/m1/s1. The Morgan fingerprint density at radius 2 is 2.16 bits per heavy atom. The van der Waals surface area contributed by atoms with Crippen LogP contribution in [0.25, 0.3) is 0 Å². The second kappa shape index (κ2) is 5.21. The summed E-state index contributed by atoms with van der Waals surface area (Å²) >= 11 is 0. The lowest BCUT2D eigenvalue weighted by atomic mass is 10.2. The molecule has 0 saturated heterocycles. The summed E-state index contributed by atoms with van der Waals surface area (Å²) < 4.78 is 6.84. The molecule has 2 heterocycles. The molecule has 0 aromatic carbocycles. The number of amides is 1. The van der Waals surface area contributed by atoms with E-state index in [1.807, 2.05) is 13.8 Å². The molecule has 0 radical (unpaired) electrons. The molecule has 1 atom stereocenters. The van der Waals surface area contributed by atoms with E-state index in [2.05, 4.69) is 20.4 Å². The molecule has 1 amide bonds. The third kappa shape index (κ3) is 2.98. The highest BCUT2D eigenvalue weighted by Gasteiger charge is 2.19. The third-order valence-corrected chi connectivity index (χ3v) is 2.63. The van der Waals surface area contributed by atoms with E-state index in [9.17, 15) is 4.79 Å². The lowest BCUT2D eigenvalue weighted by Crippen LogP contribution is -2.27. The SMILES string of the molecule is CC(C)c1noc([C@@H](C)NC(=O)c2cn(C)cn2)n1. The van der Waals surface area contributed by atoms with Crippen LogP contribution in [0.1, 0.15) is 54.9 Å². The van der Waals surface area contributed by atoms with Crippen molar-refractivity contribution in [2.75, 3.05) is 0 Å². The Morgan fingerprint density at radius 3 is 2.68 bits per heavy atom. The van der Waals surface area contributed by atoms with E-state index in [1.54, 1.807) is 31.1 Å². The zero-order chi connectivity index (χ0) is 14.0. The van der Waals surface area contributed by atoms with Gasteiger partial charge in [-0.1, -0.05) is 19.0 Å². The molecule has 0 fully saturated rings. The van der Waals surface area contributed by atoms with Gasteiger partial charge < -0.3 is 14.4 Å². The molecule has 7 heteroatoms. The molecule has 0 aliphatic heterocycles. The summed E-state index contributed by atoms with van der Waals surface area (Å²) in [6, 6.07) is -0.352. The molecule has 1 N–H and O–H groups in total. The second-order valence-electron chi connectivity index (χ2n) is 4.77. The van der Waals surface area contributed by atoms with Crippen LogP contribution in [-0.2, 0) is 7.05 Å². The number of nitrogens with zero attached hydrogens (tertiary/aromatic N) is 4. The molecular weight excluding hydrogens is 246 g/mol. The predicted molar refractivity (Wildman–Crippen MR) is 67.5 cm³/mol. The van der Waals surface area contributed by atoms with Crippen LogP contribution < -0.4 is 5.32 Å². The van der Waals surface area contributed by atoms with Crippen molar-refractivity contribution in [2.45, 2.75) is 32.7 Å². The molecule has 19 heavy (non-hydrogen) atoms. The van der Waals surface area contributed by atoms with Gasteiger partial charge in [-0.15, -0.1) is 0 Å². The first-order valence-electron chi connectivity index (χ1n) is 6.09. The molecule has 0 bridgehead atoms. The molecule has 2 aromatic heterocycles. The van der Waals surface area contributed by atoms with Crippen molar-refractivity contribution in [3.8, 4) is 0 Å². The summed E-state index contributed by atoms with van der Waals surface area (Å²) in [6.07, 6.45) is 3.22. The van der Waals surface area contributed by atoms with Gasteiger partial charge in [-0.05, 0) is 6.92 Å². The van der Waals surface area contributed by atoms with Gasteiger partial charge >= 0.3 is 0 Å². The van der Waals surface area contributed by atoms with Gasteiger partial charge in [0, 0.05) is 19.2 Å². The van der Waals surface area contributed by atoms with Gasteiger partial charge in [-0.3, -0.25) is 4.79 Å². The minimum atomic E-state index is -0.352. The van der Waals surface area contributed by atoms with E-state index in [0.717, 1.165) is 0 Å². The summed E-state index contributed by atoms with van der Waals surface area (Å²) in [5.41, 5.74) is 0.359. The summed E-state index contributed by atoms with van der Waals surface area (Å²) in [4.78, 5) is 20.1. The number of aryl methyl sites for hydroxylation is 1. The van der Waals surface area contributed by atoms with Crippen molar-refractivity contribution < 1.29 is 9.32 Å². The summed E-state index contributed by atoms with van der Waals surface area (Å²) in [5, 5.41) is 6.63. The lowest BCUT2D eigenvalue weighted by Gasteiger charge is -2.07. The number of hydrogen-bond donors (Lipinski definition) is 1. The minimum absolute atomic E-state index is 0.191. The fourth-order valence-corrected chi connectivity index (χ4v) is 1.52. The number of carbonyl (C=O) groups is 1. The van der Waals surface area contributed by atoms with Crippen LogP contribution in [0.15, 0.2) is 17.0 Å². The number of aromatic nitrogens is 4. The van der Waals surface area contributed by atoms with Crippen LogP contribution >= 0.6 is 0 Å². The maximum Gasteiger partial charge on any atom is 0.272 e. The monoisotopic (exact) mass is 263 g/mol. The van der Waals surface area contributed by atoms with Gasteiger partial charge in [0.1, 0.15) is 11.7 Å². The summed E-state index contributed by atoms with van der Waals surface area (Å²) in [5.74, 6) is 0.954. The average molecular weight is 263 g/mol. The number of carbonyl (C=O) groups excluding carboxylic acids is 1. The Morgan fingerprint density at radius 1 is 1.42 bits per heavy atom.